The molecule has 3 N–H and O–H groups in total. The summed E-state index contributed by atoms with van der Waals surface area (Å²) in [6.07, 6.45) is 1.57. The van der Waals surface area contributed by atoms with Gasteiger partial charge in [0.2, 0.25) is 21.9 Å². The van der Waals surface area contributed by atoms with Gasteiger partial charge in [-0.3, -0.25) is 4.79 Å². The Morgan fingerprint density at radius 2 is 1.84 bits per heavy atom. The Kier molecular flexibility index (Phi) is 4.09. The number of rotatable bonds is 3. The average Bonchev–Trinajstić information content (AvgIpc) is 2.57. The highest BCUT2D eigenvalue weighted by atomic mass is 32.2. The number of fused-ring (bicyclic) bond motifs is 1. The number of sulfonamides is 1. The second-order valence-corrected chi connectivity index (χ2v) is 7.34. The Morgan fingerprint density at radius 3 is 2.44 bits per heavy atom. The number of aromatic nitrogens is 2. The lowest BCUT2D eigenvalue weighted by molar-refractivity contribution is -0.119. The maximum Gasteiger partial charge on any atom is 0.249 e. The summed E-state index contributed by atoms with van der Waals surface area (Å²) in [6, 6.07) is 5.62. The number of likely N-dealkylation sites (N-methyl/N-ethyl adjacent to an activating group) is 2. The summed E-state index contributed by atoms with van der Waals surface area (Å²) >= 11 is 0. The minimum atomic E-state index is -3.73. The fourth-order valence-electron chi connectivity index (χ4n) is 2.53. The zero-order valence-electron chi connectivity index (χ0n) is 14.0. The number of hydrogen-bond donors (Lipinski definition) is 2. The van der Waals surface area contributed by atoms with E-state index in [9.17, 15) is 13.2 Å². The number of amides is 1. The third kappa shape index (κ3) is 3.13. The third-order valence-corrected chi connectivity index (χ3v) is 5.08. The summed E-state index contributed by atoms with van der Waals surface area (Å²) in [5.41, 5.74) is 1.24. The summed E-state index contributed by atoms with van der Waals surface area (Å²) in [4.78, 5) is 24.2. The molecule has 1 aliphatic heterocycles. The van der Waals surface area contributed by atoms with Crippen LogP contribution in [0.1, 0.15) is 6.92 Å². The van der Waals surface area contributed by atoms with Crippen molar-refractivity contribution >= 4 is 39.1 Å². The van der Waals surface area contributed by atoms with E-state index in [0.29, 0.717) is 23.1 Å². The van der Waals surface area contributed by atoms with Crippen molar-refractivity contribution < 1.29 is 13.2 Å². The Balaban J connectivity index is 1.89. The molecule has 0 fully saturated rings. The van der Waals surface area contributed by atoms with Gasteiger partial charge in [0.05, 0.1) is 11.1 Å². The summed E-state index contributed by atoms with van der Waals surface area (Å²) < 4.78 is 22.6. The van der Waals surface area contributed by atoms with E-state index >= 15 is 0 Å². The monoisotopic (exact) mass is 362 g/mol. The van der Waals surface area contributed by atoms with Crippen LogP contribution in [0.25, 0.3) is 0 Å². The van der Waals surface area contributed by atoms with Gasteiger partial charge in [-0.25, -0.2) is 18.5 Å². The fraction of sp³-hybridized carbons (Fsp3) is 0.267. The molecule has 2 aromatic rings. The molecule has 1 amide bonds. The summed E-state index contributed by atoms with van der Waals surface area (Å²) in [7, 11) is -0.247. The SMILES string of the molecule is C[C@H]1C(=O)N(C)c2cnc(Nc3ccc(S(N)(=O)=O)cc3)nc2N1C. The quantitative estimate of drug-likeness (QED) is 0.823. The highest BCUT2D eigenvalue weighted by molar-refractivity contribution is 7.89. The van der Waals surface area contributed by atoms with Crippen molar-refractivity contribution in [2.24, 2.45) is 5.14 Å². The van der Waals surface area contributed by atoms with Crippen LogP contribution in [0.15, 0.2) is 35.4 Å². The second-order valence-electron chi connectivity index (χ2n) is 5.78. The Hall–Kier alpha value is -2.72. The molecule has 25 heavy (non-hydrogen) atoms. The molecule has 1 aromatic carbocycles. The molecule has 1 atom stereocenters. The van der Waals surface area contributed by atoms with E-state index in [1.165, 1.54) is 17.0 Å². The predicted octanol–water partition coefficient (Wildman–Crippen LogP) is 0.669. The lowest BCUT2D eigenvalue weighted by Gasteiger charge is -2.36. The Labute approximate surface area is 145 Å². The minimum Gasteiger partial charge on any atom is -0.346 e. The van der Waals surface area contributed by atoms with Crippen LogP contribution in [-0.4, -0.2) is 44.4 Å². The number of anilines is 4. The number of nitrogens with zero attached hydrogens (tertiary/aromatic N) is 4. The lowest BCUT2D eigenvalue weighted by Crippen LogP contribution is -2.49. The molecular weight excluding hydrogens is 344 g/mol. The fourth-order valence-corrected chi connectivity index (χ4v) is 3.04. The first-order chi connectivity index (χ1) is 11.7. The first-order valence-electron chi connectivity index (χ1n) is 7.46. The molecule has 0 saturated carbocycles. The zero-order chi connectivity index (χ0) is 18.4. The van der Waals surface area contributed by atoms with Crippen molar-refractivity contribution in [1.82, 2.24) is 9.97 Å². The lowest BCUT2D eigenvalue weighted by atomic mass is 10.2. The van der Waals surface area contributed by atoms with Gasteiger partial charge in [-0.05, 0) is 31.2 Å². The van der Waals surface area contributed by atoms with Crippen LogP contribution in [-0.2, 0) is 14.8 Å². The average molecular weight is 362 g/mol. The molecule has 132 valence electrons. The molecule has 3 rings (SSSR count). The van der Waals surface area contributed by atoms with E-state index in [0.717, 1.165) is 0 Å². The van der Waals surface area contributed by atoms with Gasteiger partial charge >= 0.3 is 0 Å². The molecule has 9 nitrogen and oxygen atoms in total. The first kappa shape index (κ1) is 17.1. The molecule has 0 saturated heterocycles. The molecule has 1 aliphatic rings. The molecule has 10 heteroatoms. The van der Waals surface area contributed by atoms with Gasteiger partial charge in [0.25, 0.3) is 0 Å². The van der Waals surface area contributed by atoms with Crippen molar-refractivity contribution in [2.75, 3.05) is 29.2 Å². The summed E-state index contributed by atoms with van der Waals surface area (Å²) in [5, 5.41) is 8.08. The number of carbonyl (C=O) groups is 1. The largest absolute Gasteiger partial charge is 0.346 e. The van der Waals surface area contributed by atoms with Gasteiger partial charge in [-0.2, -0.15) is 4.98 Å². The smallest absolute Gasteiger partial charge is 0.249 e. The maximum atomic E-state index is 12.1. The summed E-state index contributed by atoms with van der Waals surface area (Å²) in [6.45, 7) is 1.81. The van der Waals surface area contributed by atoms with E-state index in [-0.39, 0.29) is 16.8 Å². The molecule has 0 radical (unpaired) electrons. The van der Waals surface area contributed by atoms with E-state index in [1.54, 1.807) is 37.3 Å². The highest BCUT2D eigenvalue weighted by Crippen LogP contribution is 2.33. The topological polar surface area (TPSA) is 122 Å². The van der Waals surface area contributed by atoms with Crippen LogP contribution in [0.5, 0.6) is 0 Å². The summed E-state index contributed by atoms with van der Waals surface area (Å²) in [5.74, 6) is 0.940. The third-order valence-electron chi connectivity index (χ3n) is 4.15. The number of primary sulfonamides is 1. The van der Waals surface area contributed by atoms with Gasteiger partial charge in [-0.15, -0.1) is 0 Å². The van der Waals surface area contributed by atoms with Gasteiger partial charge in [-0.1, -0.05) is 0 Å². The molecule has 0 bridgehead atoms. The van der Waals surface area contributed by atoms with Crippen molar-refractivity contribution in [1.29, 1.82) is 0 Å². The van der Waals surface area contributed by atoms with Crippen molar-refractivity contribution in [3.05, 3.63) is 30.5 Å². The Morgan fingerprint density at radius 1 is 1.20 bits per heavy atom. The molecule has 0 unspecified atom stereocenters. The highest BCUT2D eigenvalue weighted by Gasteiger charge is 2.33. The van der Waals surface area contributed by atoms with Crippen LogP contribution in [0, 0.1) is 0 Å². The van der Waals surface area contributed by atoms with Crippen LogP contribution >= 0.6 is 0 Å². The van der Waals surface area contributed by atoms with Crippen LogP contribution in [0.2, 0.25) is 0 Å². The standard InChI is InChI=1S/C15H18N6O3S/c1-9-14(22)21(3)12-8-17-15(19-13(12)20(9)2)18-10-4-6-11(7-5-10)25(16,23)24/h4-9H,1-3H3,(H2,16,23,24)(H,17,18,19)/t9-/m0/s1. The minimum absolute atomic E-state index is 0.0260. The second kappa shape index (κ2) is 5.97. The number of nitrogens with two attached hydrogens (primary N) is 1. The van der Waals surface area contributed by atoms with Crippen molar-refractivity contribution in [2.45, 2.75) is 17.9 Å². The first-order valence-corrected chi connectivity index (χ1v) is 9.00. The molecule has 0 aliphatic carbocycles. The van der Waals surface area contributed by atoms with Crippen molar-refractivity contribution in [3.63, 3.8) is 0 Å². The number of carbonyl (C=O) groups excluding carboxylic acids is 1. The number of hydrogen-bond acceptors (Lipinski definition) is 7. The van der Waals surface area contributed by atoms with Crippen LogP contribution < -0.4 is 20.3 Å². The maximum absolute atomic E-state index is 12.1. The predicted molar refractivity (Wildman–Crippen MR) is 94.4 cm³/mol. The van der Waals surface area contributed by atoms with Crippen LogP contribution in [0.3, 0.4) is 0 Å². The molecule has 1 aromatic heterocycles. The van der Waals surface area contributed by atoms with Gasteiger partial charge in [0.15, 0.2) is 5.82 Å². The normalized spacial score (nSPS) is 17.4. The molecular formula is C15H18N6O3S. The van der Waals surface area contributed by atoms with Crippen molar-refractivity contribution in [3.8, 4) is 0 Å². The van der Waals surface area contributed by atoms with Gasteiger partial charge < -0.3 is 15.1 Å². The van der Waals surface area contributed by atoms with Gasteiger partial charge in [0.1, 0.15) is 11.7 Å². The van der Waals surface area contributed by atoms with Crippen LogP contribution in [0.4, 0.5) is 23.1 Å². The zero-order valence-corrected chi connectivity index (χ0v) is 14.8. The number of nitrogens with one attached hydrogen (secondary N) is 1. The molecule has 0 spiro atoms. The van der Waals surface area contributed by atoms with E-state index in [4.69, 9.17) is 5.14 Å². The van der Waals surface area contributed by atoms with E-state index < -0.39 is 10.0 Å². The number of benzene rings is 1. The van der Waals surface area contributed by atoms with Gasteiger partial charge in [0, 0.05) is 19.8 Å². The Bertz CT molecular complexity index is 929. The van der Waals surface area contributed by atoms with E-state index in [1.807, 2.05) is 6.92 Å². The molecule has 2 heterocycles. The van der Waals surface area contributed by atoms with E-state index in [2.05, 4.69) is 15.3 Å².